The number of rotatable bonds is 7. The second-order valence-corrected chi connectivity index (χ2v) is 9.63. The highest BCUT2D eigenvalue weighted by Crippen LogP contribution is 2.45. The molecule has 0 bridgehead atoms. The van der Waals surface area contributed by atoms with E-state index in [2.05, 4.69) is 38.3 Å². The van der Waals surface area contributed by atoms with Crippen LogP contribution < -0.4 is 15.4 Å². The van der Waals surface area contributed by atoms with Crippen molar-refractivity contribution in [2.24, 2.45) is 0 Å². The van der Waals surface area contributed by atoms with Gasteiger partial charge in [0.05, 0.1) is 25.2 Å². The molecule has 0 saturated carbocycles. The van der Waals surface area contributed by atoms with Crippen LogP contribution in [0.1, 0.15) is 61.8 Å². The van der Waals surface area contributed by atoms with Gasteiger partial charge in [-0.25, -0.2) is 4.79 Å². The topological polar surface area (TPSA) is 76.7 Å². The second kappa shape index (κ2) is 8.78. The largest absolute Gasteiger partial charge is 0.493 e. The fourth-order valence-electron chi connectivity index (χ4n) is 4.00. The van der Waals surface area contributed by atoms with Gasteiger partial charge in [0.1, 0.15) is 10.8 Å². The Morgan fingerprint density at radius 2 is 1.87 bits per heavy atom. The van der Waals surface area contributed by atoms with E-state index < -0.39 is 0 Å². The van der Waals surface area contributed by atoms with Crippen molar-refractivity contribution in [3.05, 3.63) is 46.3 Å². The van der Waals surface area contributed by atoms with E-state index in [0.717, 1.165) is 16.2 Å². The lowest BCUT2D eigenvalue weighted by Gasteiger charge is -2.42. The molecule has 6 nitrogen and oxygen atoms in total. The van der Waals surface area contributed by atoms with Crippen LogP contribution in [-0.4, -0.2) is 30.6 Å². The number of thiophene rings is 1. The van der Waals surface area contributed by atoms with Crippen LogP contribution in [0.3, 0.4) is 0 Å². The molecule has 1 amide bonds. The number of ether oxygens (including phenoxy) is 2. The first-order valence-corrected chi connectivity index (χ1v) is 11.0. The van der Waals surface area contributed by atoms with Crippen molar-refractivity contribution in [3.63, 3.8) is 0 Å². The van der Waals surface area contributed by atoms with Crippen LogP contribution in [0.15, 0.2) is 30.3 Å². The van der Waals surface area contributed by atoms with Gasteiger partial charge in [0.25, 0.3) is 0 Å². The first-order chi connectivity index (χ1) is 14.1. The zero-order valence-electron chi connectivity index (χ0n) is 18.3. The number of fused-ring (bicyclic) bond motifs is 1. The Kier molecular flexibility index (Phi) is 6.53. The van der Waals surface area contributed by atoms with Gasteiger partial charge in [-0.15, -0.1) is 11.3 Å². The van der Waals surface area contributed by atoms with Crippen LogP contribution in [0.4, 0.5) is 5.00 Å². The van der Waals surface area contributed by atoms with Crippen LogP contribution in [-0.2, 0) is 21.5 Å². The van der Waals surface area contributed by atoms with Gasteiger partial charge in [0.15, 0.2) is 0 Å². The van der Waals surface area contributed by atoms with Crippen LogP contribution in [0.5, 0.6) is 5.75 Å². The second-order valence-electron chi connectivity index (χ2n) is 8.60. The van der Waals surface area contributed by atoms with E-state index in [-0.39, 0.29) is 42.6 Å². The van der Waals surface area contributed by atoms with Crippen LogP contribution in [0, 0.1) is 0 Å². The summed E-state index contributed by atoms with van der Waals surface area (Å²) in [4.78, 5) is 26.4. The van der Waals surface area contributed by atoms with Gasteiger partial charge in [-0.3, -0.25) is 4.79 Å². The number of anilines is 1. The van der Waals surface area contributed by atoms with Crippen molar-refractivity contribution in [3.8, 4) is 5.75 Å². The molecule has 2 aromatic rings. The van der Waals surface area contributed by atoms with E-state index in [1.54, 1.807) is 6.92 Å². The summed E-state index contributed by atoms with van der Waals surface area (Å²) >= 11 is 1.45. The molecule has 0 unspecified atom stereocenters. The summed E-state index contributed by atoms with van der Waals surface area (Å²) in [6.45, 7) is 10.7. The highest BCUT2D eigenvalue weighted by Gasteiger charge is 2.42. The minimum absolute atomic E-state index is 0.177. The number of para-hydroxylation sites is 1. The lowest BCUT2D eigenvalue weighted by Crippen LogP contribution is -2.55. The number of hydrogen-bond acceptors (Lipinski definition) is 6. The van der Waals surface area contributed by atoms with Gasteiger partial charge >= 0.3 is 5.97 Å². The summed E-state index contributed by atoms with van der Waals surface area (Å²) in [5, 5.41) is 7.11. The van der Waals surface area contributed by atoms with Gasteiger partial charge in [-0.1, -0.05) is 18.2 Å². The van der Waals surface area contributed by atoms with Crippen molar-refractivity contribution in [1.82, 2.24) is 5.32 Å². The first kappa shape index (κ1) is 22.3. The number of hydrogen-bond donors (Lipinski definition) is 2. The fourth-order valence-corrected chi connectivity index (χ4v) is 5.28. The molecule has 3 rings (SSSR count). The van der Waals surface area contributed by atoms with Gasteiger partial charge in [-0.2, -0.15) is 0 Å². The Morgan fingerprint density at radius 1 is 1.17 bits per heavy atom. The van der Waals surface area contributed by atoms with E-state index in [1.165, 1.54) is 11.3 Å². The quantitative estimate of drug-likeness (QED) is 0.633. The molecule has 1 aromatic carbocycles. The summed E-state index contributed by atoms with van der Waals surface area (Å²) in [5.41, 5.74) is 0.950. The molecular formula is C23H30N2O4S. The van der Waals surface area contributed by atoms with E-state index >= 15 is 0 Å². The molecule has 0 fully saturated rings. The molecule has 0 aliphatic carbocycles. The Bertz CT molecular complexity index is 919. The van der Waals surface area contributed by atoms with Gasteiger partial charge in [-0.05, 0) is 58.7 Å². The maximum atomic E-state index is 12.8. The normalized spacial score (nSPS) is 16.4. The zero-order valence-corrected chi connectivity index (χ0v) is 19.1. The average molecular weight is 431 g/mol. The zero-order chi connectivity index (χ0) is 21.9. The average Bonchev–Trinajstić information content (AvgIpc) is 2.99. The molecule has 0 atom stereocenters. The van der Waals surface area contributed by atoms with Gasteiger partial charge in [0, 0.05) is 16.0 Å². The molecular weight excluding hydrogens is 400 g/mol. The Labute approximate surface area is 182 Å². The number of carbonyl (C=O) groups is 2. The van der Waals surface area contributed by atoms with Crippen LogP contribution >= 0.6 is 11.3 Å². The van der Waals surface area contributed by atoms with Gasteiger partial charge in [0.2, 0.25) is 5.91 Å². The summed E-state index contributed by atoms with van der Waals surface area (Å²) in [6, 6.07) is 9.37. The molecule has 30 heavy (non-hydrogen) atoms. The number of nitrogens with one attached hydrogen (secondary N) is 2. The summed E-state index contributed by atoms with van der Waals surface area (Å²) < 4.78 is 10.9. The van der Waals surface area contributed by atoms with Gasteiger partial charge < -0.3 is 20.1 Å². The lowest BCUT2D eigenvalue weighted by molar-refractivity contribution is -0.116. The summed E-state index contributed by atoms with van der Waals surface area (Å²) in [6.07, 6.45) is 0.871. The number of amides is 1. The number of esters is 1. The highest BCUT2D eigenvalue weighted by molar-refractivity contribution is 7.17. The van der Waals surface area contributed by atoms with E-state index in [0.29, 0.717) is 17.0 Å². The molecule has 162 valence electrons. The Balaban J connectivity index is 1.81. The Morgan fingerprint density at radius 3 is 2.53 bits per heavy atom. The highest BCUT2D eigenvalue weighted by atomic mass is 32.1. The first-order valence-electron chi connectivity index (χ1n) is 10.2. The fraction of sp³-hybridized carbons (Fsp3) is 0.478. The predicted molar refractivity (Wildman–Crippen MR) is 119 cm³/mol. The SMILES string of the molecule is CCOC(=O)c1c(NC(=O)CCOc2ccccc2)sc2c1CC(C)(C)NC2(C)C. The lowest BCUT2D eigenvalue weighted by atomic mass is 9.81. The third kappa shape index (κ3) is 5.02. The molecule has 2 heterocycles. The number of benzene rings is 1. The van der Waals surface area contributed by atoms with Crippen molar-refractivity contribution in [2.75, 3.05) is 18.5 Å². The predicted octanol–water partition coefficient (Wildman–Crippen LogP) is 4.49. The molecule has 2 N–H and O–H groups in total. The molecule has 0 radical (unpaired) electrons. The van der Waals surface area contributed by atoms with Crippen LogP contribution in [0.2, 0.25) is 0 Å². The summed E-state index contributed by atoms with van der Waals surface area (Å²) in [7, 11) is 0. The smallest absolute Gasteiger partial charge is 0.341 e. The molecule has 1 aromatic heterocycles. The molecule has 1 aliphatic rings. The third-order valence-electron chi connectivity index (χ3n) is 4.92. The molecule has 0 saturated heterocycles. The van der Waals surface area contributed by atoms with Crippen molar-refractivity contribution >= 4 is 28.2 Å². The minimum Gasteiger partial charge on any atom is -0.493 e. The van der Waals surface area contributed by atoms with E-state index in [4.69, 9.17) is 9.47 Å². The van der Waals surface area contributed by atoms with Crippen molar-refractivity contribution in [1.29, 1.82) is 0 Å². The number of carbonyl (C=O) groups excluding carboxylic acids is 2. The maximum absolute atomic E-state index is 12.8. The monoisotopic (exact) mass is 430 g/mol. The molecule has 1 aliphatic heterocycles. The molecule has 7 heteroatoms. The van der Waals surface area contributed by atoms with E-state index in [1.807, 2.05) is 30.3 Å². The van der Waals surface area contributed by atoms with Crippen molar-refractivity contribution in [2.45, 2.75) is 58.5 Å². The van der Waals surface area contributed by atoms with Crippen molar-refractivity contribution < 1.29 is 19.1 Å². The third-order valence-corrected chi connectivity index (χ3v) is 6.39. The standard InChI is InChI=1S/C23H30N2O4S/c1-6-28-21(27)18-16-14-22(2,3)25-23(4,5)19(16)30-20(18)24-17(26)12-13-29-15-10-8-7-9-11-15/h7-11,25H,6,12-14H2,1-5H3,(H,24,26). The summed E-state index contributed by atoms with van der Waals surface area (Å²) in [5.74, 6) is 0.138. The van der Waals surface area contributed by atoms with E-state index in [9.17, 15) is 9.59 Å². The Hall–Kier alpha value is -2.38. The molecule has 0 spiro atoms. The minimum atomic E-state index is -0.390. The maximum Gasteiger partial charge on any atom is 0.341 e. The van der Waals surface area contributed by atoms with Crippen LogP contribution in [0.25, 0.3) is 0 Å².